The number of carboxylic acid groups (broad SMARTS) is 1. The summed E-state index contributed by atoms with van der Waals surface area (Å²) in [7, 11) is 1.52. The van der Waals surface area contributed by atoms with Gasteiger partial charge in [-0.15, -0.1) is 17.0 Å². The number of carbonyl (C=O) groups is 2. The molecule has 0 saturated heterocycles. The molecule has 3 N–H and O–H groups in total. The second-order valence-corrected chi connectivity index (χ2v) is 12.1. The summed E-state index contributed by atoms with van der Waals surface area (Å²) in [6.45, 7) is 15.2. The molecular weight excluding hydrogens is 562 g/mol. The van der Waals surface area contributed by atoms with Crippen LogP contribution in [-0.4, -0.2) is 64.5 Å². The zero-order valence-corrected chi connectivity index (χ0v) is 26.0. The van der Waals surface area contributed by atoms with Crippen LogP contribution >= 0.6 is 17.0 Å². The van der Waals surface area contributed by atoms with Gasteiger partial charge in [-0.25, -0.2) is 4.79 Å². The molecule has 9 heteroatoms. The van der Waals surface area contributed by atoms with E-state index >= 15 is 0 Å². The number of ether oxygens (including phenoxy) is 1. The SMILES string of the molecule is Br.CCOc1cc2c(cc1CCN(C)C(=O)O)C(=N)N(CC(=O)c1cc(C(C)(C)C)c(O)c(C(C)(C)C)c1)C2. The van der Waals surface area contributed by atoms with Crippen molar-refractivity contribution in [3.05, 3.63) is 57.6 Å². The minimum Gasteiger partial charge on any atom is -0.507 e. The average molecular weight is 605 g/mol. The van der Waals surface area contributed by atoms with E-state index < -0.39 is 6.09 Å². The Labute approximate surface area is 242 Å². The van der Waals surface area contributed by atoms with Crippen molar-refractivity contribution in [2.45, 2.75) is 72.3 Å². The Bertz CT molecular complexity index is 1230. The molecule has 0 fully saturated rings. The van der Waals surface area contributed by atoms with Gasteiger partial charge in [0.1, 0.15) is 17.3 Å². The number of rotatable bonds is 8. The summed E-state index contributed by atoms with van der Waals surface area (Å²) >= 11 is 0. The standard InChI is InChI=1S/C30H41N3O5.BrH/c1-9-38-25-15-20-16-33(27(31)21(20)12-18(25)10-11-32(8)28(36)37)17-24(34)19-13-22(29(2,3)4)26(35)23(14-19)30(5,6)7;/h12-15,31,35H,9-11,16-17H2,1-8H3,(H,36,37);1H. The van der Waals surface area contributed by atoms with Gasteiger partial charge in [0.2, 0.25) is 0 Å². The number of carbonyl (C=O) groups excluding carboxylic acids is 1. The molecule has 0 aliphatic carbocycles. The van der Waals surface area contributed by atoms with E-state index in [9.17, 15) is 19.8 Å². The Kier molecular flexibility index (Phi) is 9.88. The van der Waals surface area contributed by atoms with E-state index in [4.69, 9.17) is 10.1 Å². The number of amides is 1. The van der Waals surface area contributed by atoms with Crippen molar-refractivity contribution in [2.75, 3.05) is 26.7 Å². The maximum Gasteiger partial charge on any atom is 0.407 e. The van der Waals surface area contributed by atoms with Crippen molar-refractivity contribution in [3.63, 3.8) is 0 Å². The number of amidine groups is 1. The number of ketones is 1. The summed E-state index contributed by atoms with van der Waals surface area (Å²) < 4.78 is 5.83. The van der Waals surface area contributed by atoms with Crippen LogP contribution < -0.4 is 4.74 Å². The number of phenolic OH excluding ortho intramolecular Hbond substituents is 1. The van der Waals surface area contributed by atoms with Crippen LogP contribution in [0.3, 0.4) is 0 Å². The lowest BCUT2D eigenvalue weighted by molar-refractivity contribution is 0.0962. The van der Waals surface area contributed by atoms with Crippen molar-refractivity contribution in [3.8, 4) is 11.5 Å². The second kappa shape index (κ2) is 12.0. The fourth-order valence-corrected chi connectivity index (χ4v) is 4.68. The number of hydrogen-bond acceptors (Lipinski definition) is 5. The number of phenols is 1. The van der Waals surface area contributed by atoms with Gasteiger partial charge in [-0.1, -0.05) is 41.5 Å². The zero-order valence-electron chi connectivity index (χ0n) is 24.3. The number of fused-ring (bicyclic) bond motifs is 1. The zero-order chi connectivity index (χ0) is 28.6. The largest absolute Gasteiger partial charge is 0.507 e. The number of aromatic hydroxyl groups is 1. The Morgan fingerprint density at radius 3 is 2.10 bits per heavy atom. The molecule has 1 heterocycles. The first-order valence-corrected chi connectivity index (χ1v) is 13.0. The first-order chi connectivity index (χ1) is 17.5. The molecule has 0 unspecified atom stereocenters. The van der Waals surface area contributed by atoms with E-state index in [2.05, 4.69) is 0 Å². The quantitative estimate of drug-likeness (QED) is 0.312. The second-order valence-electron chi connectivity index (χ2n) is 12.1. The lowest BCUT2D eigenvalue weighted by Crippen LogP contribution is -2.30. The van der Waals surface area contributed by atoms with Gasteiger partial charge in [0, 0.05) is 42.4 Å². The van der Waals surface area contributed by atoms with Gasteiger partial charge >= 0.3 is 6.09 Å². The molecule has 0 aromatic heterocycles. The van der Waals surface area contributed by atoms with Crippen LogP contribution in [0, 0.1) is 5.41 Å². The highest BCUT2D eigenvalue weighted by Gasteiger charge is 2.31. The van der Waals surface area contributed by atoms with Crippen LogP contribution in [0.5, 0.6) is 11.5 Å². The first-order valence-electron chi connectivity index (χ1n) is 13.0. The van der Waals surface area contributed by atoms with E-state index in [0.29, 0.717) is 37.4 Å². The highest BCUT2D eigenvalue weighted by Crippen LogP contribution is 2.40. The molecule has 2 aromatic rings. The van der Waals surface area contributed by atoms with E-state index in [-0.39, 0.29) is 51.7 Å². The van der Waals surface area contributed by atoms with Gasteiger partial charge < -0.3 is 24.7 Å². The molecule has 0 atom stereocenters. The monoisotopic (exact) mass is 603 g/mol. The number of nitrogens with one attached hydrogen (secondary N) is 1. The summed E-state index contributed by atoms with van der Waals surface area (Å²) in [6, 6.07) is 7.36. The van der Waals surface area contributed by atoms with Gasteiger partial charge in [-0.2, -0.15) is 0 Å². The Hall–Kier alpha value is -3.07. The van der Waals surface area contributed by atoms with E-state index in [1.54, 1.807) is 17.0 Å². The van der Waals surface area contributed by atoms with Crippen molar-refractivity contribution >= 4 is 34.7 Å². The van der Waals surface area contributed by atoms with Crippen molar-refractivity contribution in [2.24, 2.45) is 0 Å². The highest BCUT2D eigenvalue weighted by atomic mass is 79.9. The Morgan fingerprint density at radius 1 is 1.05 bits per heavy atom. The van der Waals surface area contributed by atoms with Gasteiger partial charge in [0.25, 0.3) is 0 Å². The topological polar surface area (TPSA) is 114 Å². The van der Waals surface area contributed by atoms with Gasteiger partial charge in [0.05, 0.1) is 13.2 Å². The molecule has 2 aromatic carbocycles. The Balaban J connectivity index is 0.00000533. The molecule has 1 amide bonds. The molecule has 0 spiro atoms. The van der Waals surface area contributed by atoms with Gasteiger partial charge in [0.15, 0.2) is 5.78 Å². The predicted molar refractivity (Wildman–Crippen MR) is 159 cm³/mol. The van der Waals surface area contributed by atoms with Crippen LogP contribution in [0.2, 0.25) is 0 Å². The molecule has 1 aliphatic heterocycles. The summed E-state index contributed by atoms with van der Waals surface area (Å²) in [5.41, 5.74) is 3.74. The predicted octanol–water partition coefficient (Wildman–Crippen LogP) is 6.14. The molecule has 214 valence electrons. The van der Waals surface area contributed by atoms with Crippen LogP contribution in [0.1, 0.15) is 86.6 Å². The molecular formula is C30H42BrN3O5. The molecule has 0 saturated carbocycles. The normalized spacial score (nSPS) is 13.1. The smallest absolute Gasteiger partial charge is 0.407 e. The number of hydrogen-bond donors (Lipinski definition) is 3. The number of benzene rings is 2. The molecule has 8 nitrogen and oxygen atoms in total. The third-order valence-corrected chi connectivity index (χ3v) is 6.94. The van der Waals surface area contributed by atoms with Crippen molar-refractivity contribution < 1.29 is 24.5 Å². The summed E-state index contributed by atoms with van der Waals surface area (Å²) in [5, 5.41) is 29.0. The maximum atomic E-state index is 13.5. The average Bonchev–Trinajstić information content (AvgIpc) is 3.09. The number of Topliss-reactive ketones (excluding diaryl/α,β-unsaturated/α-hetero) is 1. The molecule has 39 heavy (non-hydrogen) atoms. The lowest BCUT2D eigenvalue weighted by atomic mass is 9.78. The lowest BCUT2D eigenvalue weighted by Gasteiger charge is -2.28. The third kappa shape index (κ3) is 7.12. The molecule has 0 radical (unpaired) electrons. The molecule has 0 bridgehead atoms. The number of likely N-dealkylation sites (N-methyl/N-ethyl adjacent to an activating group) is 1. The summed E-state index contributed by atoms with van der Waals surface area (Å²) in [6.07, 6.45) is -0.545. The Morgan fingerprint density at radius 2 is 1.62 bits per heavy atom. The van der Waals surface area contributed by atoms with Crippen LogP contribution in [0.25, 0.3) is 0 Å². The summed E-state index contributed by atoms with van der Waals surface area (Å²) in [4.78, 5) is 27.7. The van der Waals surface area contributed by atoms with Gasteiger partial charge in [-0.3, -0.25) is 10.2 Å². The van der Waals surface area contributed by atoms with E-state index in [1.807, 2.05) is 60.6 Å². The van der Waals surface area contributed by atoms with Gasteiger partial charge in [-0.05, 0) is 59.6 Å². The van der Waals surface area contributed by atoms with Crippen LogP contribution in [0.4, 0.5) is 4.79 Å². The summed E-state index contributed by atoms with van der Waals surface area (Å²) in [5.74, 6) is 1.04. The number of nitrogens with zero attached hydrogens (tertiary/aromatic N) is 2. The molecule has 3 rings (SSSR count). The fourth-order valence-electron chi connectivity index (χ4n) is 4.68. The fraction of sp³-hybridized carbons (Fsp3) is 0.500. The minimum absolute atomic E-state index is 0. The van der Waals surface area contributed by atoms with Crippen molar-refractivity contribution in [1.82, 2.24) is 9.80 Å². The van der Waals surface area contributed by atoms with Crippen LogP contribution in [-0.2, 0) is 23.8 Å². The van der Waals surface area contributed by atoms with E-state index in [1.165, 1.54) is 11.9 Å². The highest BCUT2D eigenvalue weighted by molar-refractivity contribution is 8.93. The number of halogens is 1. The van der Waals surface area contributed by atoms with Crippen LogP contribution in [0.15, 0.2) is 24.3 Å². The third-order valence-electron chi connectivity index (χ3n) is 6.94. The van der Waals surface area contributed by atoms with Crippen molar-refractivity contribution in [1.29, 1.82) is 5.41 Å². The first kappa shape index (κ1) is 32.1. The molecule has 1 aliphatic rings. The maximum absolute atomic E-state index is 13.5. The minimum atomic E-state index is -1.000. The van der Waals surface area contributed by atoms with E-state index in [0.717, 1.165) is 27.8 Å².